The Hall–Kier alpha value is -8.46. The van der Waals surface area contributed by atoms with Crippen molar-refractivity contribution in [3.05, 3.63) is 249 Å². The summed E-state index contributed by atoms with van der Waals surface area (Å²) in [4.78, 5) is 2.41. The maximum absolute atomic E-state index is 6.30. The average Bonchev–Trinajstić information content (AvgIpc) is 3.75. The van der Waals surface area contributed by atoms with Gasteiger partial charge in [-0.2, -0.15) is 0 Å². The van der Waals surface area contributed by atoms with Crippen molar-refractivity contribution in [2.24, 2.45) is 0 Å². The highest BCUT2D eigenvalue weighted by Crippen LogP contribution is 2.44. The SMILES string of the molecule is c1ccc(-c2ccc(-c3ccc4ccccc4c3)cc2N(c2ccc(-c3cccc(-c4cccc5ccccc45)c3)cc2)c2ccc(-c3ccc4c(c3)oc3ccccc34)cc2)cc1. The van der Waals surface area contributed by atoms with Crippen LogP contribution in [0.3, 0.4) is 0 Å². The highest BCUT2D eigenvalue weighted by molar-refractivity contribution is 6.06. The van der Waals surface area contributed by atoms with Gasteiger partial charge in [0.1, 0.15) is 11.2 Å². The maximum Gasteiger partial charge on any atom is 0.136 e. The van der Waals surface area contributed by atoms with Crippen molar-refractivity contribution >= 4 is 60.5 Å². The van der Waals surface area contributed by atoms with Gasteiger partial charge in [-0.1, -0.05) is 188 Å². The molecule has 300 valence electrons. The van der Waals surface area contributed by atoms with Crippen molar-refractivity contribution in [3.8, 4) is 55.6 Å². The molecule has 0 spiro atoms. The molecule has 0 aliphatic heterocycles. The van der Waals surface area contributed by atoms with Crippen LogP contribution < -0.4 is 4.90 Å². The van der Waals surface area contributed by atoms with E-state index in [1.807, 2.05) is 12.1 Å². The lowest BCUT2D eigenvalue weighted by Gasteiger charge is -2.29. The zero-order valence-corrected chi connectivity index (χ0v) is 35.0. The van der Waals surface area contributed by atoms with Crippen LogP contribution in [0.5, 0.6) is 0 Å². The van der Waals surface area contributed by atoms with E-state index in [2.05, 4.69) is 241 Å². The van der Waals surface area contributed by atoms with E-state index in [0.717, 1.165) is 72.4 Å². The molecule has 0 unspecified atom stereocenters. The summed E-state index contributed by atoms with van der Waals surface area (Å²) in [5, 5.41) is 7.23. The fraction of sp³-hybridized carbons (Fsp3) is 0. The predicted molar refractivity (Wildman–Crippen MR) is 271 cm³/mol. The van der Waals surface area contributed by atoms with Crippen molar-refractivity contribution < 1.29 is 4.42 Å². The molecule has 64 heavy (non-hydrogen) atoms. The molecule has 0 fully saturated rings. The summed E-state index contributed by atoms with van der Waals surface area (Å²) in [7, 11) is 0. The van der Waals surface area contributed by atoms with Gasteiger partial charge in [-0.3, -0.25) is 0 Å². The van der Waals surface area contributed by atoms with E-state index in [0.29, 0.717) is 0 Å². The van der Waals surface area contributed by atoms with Gasteiger partial charge in [0.15, 0.2) is 0 Å². The second kappa shape index (κ2) is 15.8. The summed E-state index contributed by atoms with van der Waals surface area (Å²) < 4.78 is 6.30. The number of nitrogens with zero attached hydrogens (tertiary/aromatic N) is 1. The van der Waals surface area contributed by atoms with E-state index in [9.17, 15) is 0 Å². The second-order valence-corrected chi connectivity index (χ2v) is 16.5. The lowest BCUT2D eigenvalue weighted by atomic mass is 9.94. The number of benzene rings is 11. The molecule has 12 rings (SSSR count). The maximum atomic E-state index is 6.30. The van der Waals surface area contributed by atoms with Crippen molar-refractivity contribution in [3.63, 3.8) is 0 Å². The van der Waals surface area contributed by atoms with Crippen molar-refractivity contribution in [2.75, 3.05) is 4.90 Å². The Kier molecular flexibility index (Phi) is 9.20. The number of rotatable bonds is 8. The lowest BCUT2D eigenvalue weighted by molar-refractivity contribution is 0.669. The van der Waals surface area contributed by atoms with Gasteiger partial charge in [0, 0.05) is 27.7 Å². The molecule has 0 radical (unpaired) electrons. The topological polar surface area (TPSA) is 16.4 Å². The Morgan fingerprint density at radius 1 is 0.250 bits per heavy atom. The van der Waals surface area contributed by atoms with Crippen LogP contribution in [-0.4, -0.2) is 0 Å². The molecule has 11 aromatic carbocycles. The van der Waals surface area contributed by atoms with E-state index in [1.165, 1.54) is 43.8 Å². The highest BCUT2D eigenvalue weighted by atomic mass is 16.3. The smallest absolute Gasteiger partial charge is 0.136 e. The molecule has 0 bridgehead atoms. The first-order valence-corrected chi connectivity index (χ1v) is 21.9. The molecule has 2 nitrogen and oxygen atoms in total. The van der Waals surface area contributed by atoms with Crippen molar-refractivity contribution in [1.29, 1.82) is 0 Å². The normalized spacial score (nSPS) is 11.4. The van der Waals surface area contributed by atoms with Crippen LogP contribution in [-0.2, 0) is 0 Å². The van der Waals surface area contributed by atoms with Gasteiger partial charge >= 0.3 is 0 Å². The van der Waals surface area contributed by atoms with Gasteiger partial charge in [0.05, 0.1) is 5.69 Å². The minimum Gasteiger partial charge on any atom is -0.456 e. The number of hydrogen-bond acceptors (Lipinski definition) is 2. The monoisotopic (exact) mass is 815 g/mol. The Labute approximate surface area is 372 Å². The minimum absolute atomic E-state index is 0.894. The first-order chi connectivity index (χ1) is 31.7. The molecule has 1 heterocycles. The zero-order valence-electron chi connectivity index (χ0n) is 35.0. The minimum atomic E-state index is 0.894. The van der Waals surface area contributed by atoms with Crippen LogP contribution in [0.15, 0.2) is 253 Å². The van der Waals surface area contributed by atoms with Crippen molar-refractivity contribution in [2.45, 2.75) is 0 Å². The largest absolute Gasteiger partial charge is 0.456 e. The summed E-state index contributed by atoms with van der Waals surface area (Å²) in [5.41, 5.74) is 16.7. The highest BCUT2D eigenvalue weighted by Gasteiger charge is 2.20. The van der Waals surface area contributed by atoms with Gasteiger partial charge in [-0.15, -0.1) is 0 Å². The third-order valence-electron chi connectivity index (χ3n) is 12.7. The van der Waals surface area contributed by atoms with Crippen LogP contribution in [0.25, 0.3) is 99.1 Å². The quantitative estimate of drug-likeness (QED) is 0.152. The number of fused-ring (bicyclic) bond motifs is 5. The number of hydrogen-bond donors (Lipinski definition) is 0. The standard InChI is InChI=1S/C62H41NO/c1-2-13-46(14-3-1)57-36-30-50(49-25-24-42-12-4-5-16-47(42)38-49)40-60(57)63(54-34-28-44(29-35-54)51-31-37-59-58-21-8-9-23-61(58)64-62(59)41-51)53-32-26-43(27-33-53)48-18-10-19-52(39-48)56-22-11-17-45-15-6-7-20-55(45)56/h1-41H. The molecular weight excluding hydrogens is 775 g/mol. The Morgan fingerprint density at radius 2 is 0.781 bits per heavy atom. The van der Waals surface area contributed by atoms with Gasteiger partial charge in [0.25, 0.3) is 0 Å². The predicted octanol–water partition coefficient (Wildman–Crippen LogP) is 17.7. The Morgan fingerprint density at radius 3 is 1.58 bits per heavy atom. The molecule has 2 heteroatoms. The summed E-state index contributed by atoms with van der Waals surface area (Å²) in [6.07, 6.45) is 0. The first kappa shape index (κ1) is 37.3. The van der Waals surface area contributed by atoms with Crippen LogP contribution in [0, 0.1) is 0 Å². The van der Waals surface area contributed by atoms with Gasteiger partial charge < -0.3 is 9.32 Å². The molecule has 0 saturated carbocycles. The lowest BCUT2D eigenvalue weighted by Crippen LogP contribution is -2.11. The average molecular weight is 816 g/mol. The van der Waals surface area contributed by atoms with Crippen LogP contribution in [0.4, 0.5) is 17.1 Å². The van der Waals surface area contributed by atoms with Crippen LogP contribution >= 0.6 is 0 Å². The molecule has 0 N–H and O–H groups in total. The van der Waals surface area contributed by atoms with E-state index in [1.54, 1.807) is 0 Å². The Bertz CT molecular complexity index is 3650. The number of para-hydroxylation sites is 1. The van der Waals surface area contributed by atoms with Gasteiger partial charge in [0.2, 0.25) is 0 Å². The fourth-order valence-corrected chi connectivity index (χ4v) is 9.41. The summed E-state index contributed by atoms with van der Waals surface area (Å²) >= 11 is 0. The Balaban J connectivity index is 0.988. The third-order valence-corrected chi connectivity index (χ3v) is 12.7. The molecule has 0 amide bonds. The molecule has 0 atom stereocenters. The number of anilines is 3. The molecular formula is C62H41NO. The molecule has 1 aromatic heterocycles. The third kappa shape index (κ3) is 6.79. The second-order valence-electron chi connectivity index (χ2n) is 16.5. The fourth-order valence-electron chi connectivity index (χ4n) is 9.41. The van der Waals surface area contributed by atoms with Crippen LogP contribution in [0.2, 0.25) is 0 Å². The van der Waals surface area contributed by atoms with E-state index >= 15 is 0 Å². The van der Waals surface area contributed by atoms with Gasteiger partial charge in [-0.05, 0) is 132 Å². The molecule has 12 aromatic rings. The molecule has 0 aliphatic rings. The van der Waals surface area contributed by atoms with E-state index < -0.39 is 0 Å². The molecule has 0 aliphatic carbocycles. The van der Waals surface area contributed by atoms with Crippen LogP contribution in [0.1, 0.15) is 0 Å². The van der Waals surface area contributed by atoms with Crippen molar-refractivity contribution in [1.82, 2.24) is 0 Å². The summed E-state index contributed by atoms with van der Waals surface area (Å²) in [5.74, 6) is 0. The van der Waals surface area contributed by atoms with E-state index in [4.69, 9.17) is 4.42 Å². The molecule has 0 saturated heterocycles. The zero-order chi connectivity index (χ0) is 42.4. The first-order valence-electron chi connectivity index (χ1n) is 21.9. The summed E-state index contributed by atoms with van der Waals surface area (Å²) in [6.45, 7) is 0. The van der Waals surface area contributed by atoms with Gasteiger partial charge in [-0.25, -0.2) is 0 Å². The number of furan rings is 1. The summed E-state index contributed by atoms with van der Waals surface area (Å²) in [6, 6.07) is 89.9. The van der Waals surface area contributed by atoms with E-state index in [-0.39, 0.29) is 0 Å².